The number of carbonyl (C=O) groups is 1. The van der Waals surface area contributed by atoms with E-state index in [0.29, 0.717) is 5.82 Å². The van der Waals surface area contributed by atoms with Gasteiger partial charge in [-0.25, -0.2) is 4.39 Å². The minimum absolute atomic E-state index is 0.0519. The van der Waals surface area contributed by atoms with Crippen LogP contribution in [-0.4, -0.2) is 52.8 Å². The topological polar surface area (TPSA) is 53.4 Å². The first-order chi connectivity index (χ1) is 11.5. The number of carbonyl (C=O) groups excluding carboxylic acids is 1. The highest BCUT2D eigenvalue weighted by Crippen LogP contribution is 2.18. The number of amides is 1. The molecule has 0 bridgehead atoms. The molecule has 1 aliphatic rings. The number of hydrogen-bond acceptors (Lipinski definition) is 4. The normalized spacial score (nSPS) is 16.9. The van der Waals surface area contributed by atoms with Crippen molar-refractivity contribution in [3.05, 3.63) is 42.3 Å². The highest BCUT2D eigenvalue weighted by molar-refractivity contribution is 5.93. The van der Waals surface area contributed by atoms with Crippen LogP contribution in [0.3, 0.4) is 0 Å². The fourth-order valence-electron chi connectivity index (χ4n) is 2.90. The Morgan fingerprint density at radius 3 is 2.42 bits per heavy atom. The van der Waals surface area contributed by atoms with Crippen LogP contribution in [-0.2, 0) is 11.8 Å². The first-order valence-electron chi connectivity index (χ1n) is 8.08. The summed E-state index contributed by atoms with van der Waals surface area (Å²) in [6.45, 7) is 5.11. The van der Waals surface area contributed by atoms with Gasteiger partial charge in [0.25, 0.3) is 0 Å². The lowest BCUT2D eigenvalue weighted by Gasteiger charge is -2.38. The van der Waals surface area contributed by atoms with E-state index in [1.807, 2.05) is 14.0 Å². The number of nitrogens with one attached hydrogen (secondary N) is 1. The van der Waals surface area contributed by atoms with E-state index >= 15 is 0 Å². The molecule has 1 fully saturated rings. The van der Waals surface area contributed by atoms with Crippen molar-refractivity contribution >= 4 is 17.4 Å². The molecule has 1 aliphatic heterocycles. The second-order valence-corrected chi connectivity index (χ2v) is 6.04. The Morgan fingerprint density at radius 2 is 1.83 bits per heavy atom. The van der Waals surface area contributed by atoms with Crippen LogP contribution in [0.1, 0.15) is 6.92 Å². The first kappa shape index (κ1) is 16.4. The standard InChI is InChI=1S/C17H22FN5O/c1-13(17(24)19-16-7-8-21(2)20-16)22-9-11-23(12-10-22)15-5-3-14(18)4-6-15/h3-8,13H,9-12H2,1-2H3,(H,19,20,24)/t13-/m1/s1. The van der Waals surface area contributed by atoms with E-state index in [9.17, 15) is 9.18 Å². The molecule has 1 N–H and O–H groups in total. The summed E-state index contributed by atoms with van der Waals surface area (Å²) in [5.74, 6) is 0.292. The van der Waals surface area contributed by atoms with Gasteiger partial charge in [0.15, 0.2) is 5.82 Å². The van der Waals surface area contributed by atoms with Gasteiger partial charge in [-0.3, -0.25) is 14.4 Å². The average molecular weight is 331 g/mol. The lowest BCUT2D eigenvalue weighted by atomic mass is 10.2. The Labute approximate surface area is 140 Å². The van der Waals surface area contributed by atoms with Gasteiger partial charge in [-0.15, -0.1) is 0 Å². The molecule has 0 radical (unpaired) electrons. The molecule has 0 saturated carbocycles. The van der Waals surface area contributed by atoms with Crippen molar-refractivity contribution in [3.63, 3.8) is 0 Å². The minimum atomic E-state index is -0.225. The third-order valence-corrected chi connectivity index (χ3v) is 4.40. The highest BCUT2D eigenvalue weighted by Gasteiger charge is 2.26. The Hall–Kier alpha value is -2.41. The number of piperazine rings is 1. The van der Waals surface area contributed by atoms with Crippen LogP contribution in [0.4, 0.5) is 15.9 Å². The number of aryl methyl sites for hydroxylation is 1. The molecule has 1 saturated heterocycles. The predicted octanol–water partition coefficient (Wildman–Crippen LogP) is 1.71. The molecule has 6 nitrogen and oxygen atoms in total. The van der Waals surface area contributed by atoms with Crippen LogP contribution in [0.15, 0.2) is 36.5 Å². The zero-order valence-corrected chi connectivity index (χ0v) is 13.9. The van der Waals surface area contributed by atoms with E-state index in [1.165, 1.54) is 12.1 Å². The number of rotatable bonds is 4. The van der Waals surface area contributed by atoms with Crippen molar-refractivity contribution in [1.82, 2.24) is 14.7 Å². The molecule has 1 atom stereocenters. The summed E-state index contributed by atoms with van der Waals surface area (Å²) >= 11 is 0. The molecule has 2 aromatic rings. The maximum atomic E-state index is 13.0. The molecule has 2 heterocycles. The second-order valence-electron chi connectivity index (χ2n) is 6.04. The van der Waals surface area contributed by atoms with Crippen LogP contribution in [0.2, 0.25) is 0 Å². The lowest BCUT2D eigenvalue weighted by Crippen LogP contribution is -2.52. The quantitative estimate of drug-likeness (QED) is 0.927. The van der Waals surface area contributed by atoms with Gasteiger partial charge in [0, 0.05) is 51.2 Å². The summed E-state index contributed by atoms with van der Waals surface area (Å²) in [5.41, 5.74) is 1.02. The maximum absolute atomic E-state index is 13.0. The van der Waals surface area contributed by atoms with Crippen LogP contribution in [0, 0.1) is 5.82 Å². The second kappa shape index (κ2) is 7.00. The molecule has 1 amide bonds. The Bertz CT molecular complexity index is 691. The third kappa shape index (κ3) is 3.73. The van der Waals surface area contributed by atoms with Crippen LogP contribution >= 0.6 is 0 Å². The molecule has 0 unspecified atom stereocenters. The fraction of sp³-hybridized carbons (Fsp3) is 0.412. The van der Waals surface area contributed by atoms with E-state index in [1.54, 1.807) is 29.1 Å². The summed E-state index contributed by atoms with van der Waals surface area (Å²) in [6, 6.07) is 8.10. The highest BCUT2D eigenvalue weighted by atomic mass is 19.1. The zero-order chi connectivity index (χ0) is 17.1. The molecule has 24 heavy (non-hydrogen) atoms. The number of aromatic nitrogens is 2. The third-order valence-electron chi connectivity index (χ3n) is 4.40. The molecule has 1 aromatic carbocycles. The molecule has 7 heteroatoms. The SMILES string of the molecule is C[C@H](C(=O)Nc1ccn(C)n1)N1CCN(c2ccc(F)cc2)CC1. The van der Waals surface area contributed by atoms with Gasteiger partial charge in [-0.05, 0) is 31.2 Å². The first-order valence-corrected chi connectivity index (χ1v) is 8.08. The number of nitrogens with zero attached hydrogens (tertiary/aromatic N) is 4. The molecule has 0 spiro atoms. The Morgan fingerprint density at radius 1 is 1.17 bits per heavy atom. The Balaban J connectivity index is 1.53. The van der Waals surface area contributed by atoms with Crippen molar-refractivity contribution in [2.45, 2.75) is 13.0 Å². The predicted molar refractivity (Wildman–Crippen MR) is 91.5 cm³/mol. The van der Waals surface area contributed by atoms with E-state index in [-0.39, 0.29) is 17.8 Å². The summed E-state index contributed by atoms with van der Waals surface area (Å²) in [4.78, 5) is 16.7. The summed E-state index contributed by atoms with van der Waals surface area (Å²) < 4.78 is 14.7. The maximum Gasteiger partial charge on any atom is 0.242 e. The molecular weight excluding hydrogens is 309 g/mol. The molecule has 128 valence electrons. The van der Waals surface area contributed by atoms with E-state index in [4.69, 9.17) is 0 Å². The van der Waals surface area contributed by atoms with Gasteiger partial charge in [0.2, 0.25) is 5.91 Å². The van der Waals surface area contributed by atoms with Gasteiger partial charge in [-0.2, -0.15) is 5.10 Å². The molecule has 0 aliphatic carbocycles. The minimum Gasteiger partial charge on any atom is -0.369 e. The van der Waals surface area contributed by atoms with Gasteiger partial charge in [0.1, 0.15) is 5.82 Å². The molecule has 3 rings (SSSR count). The van der Waals surface area contributed by atoms with Gasteiger partial charge >= 0.3 is 0 Å². The smallest absolute Gasteiger partial charge is 0.242 e. The van der Waals surface area contributed by atoms with Crippen molar-refractivity contribution in [2.24, 2.45) is 7.05 Å². The van der Waals surface area contributed by atoms with Crippen molar-refractivity contribution in [3.8, 4) is 0 Å². The largest absolute Gasteiger partial charge is 0.369 e. The van der Waals surface area contributed by atoms with Gasteiger partial charge < -0.3 is 10.2 Å². The van der Waals surface area contributed by atoms with E-state index in [0.717, 1.165) is 31.9 Å². The van der Waals surface area contributed by atoms with Crippen LogP contribution in [0.25, 0.3) is 0 Å². The summed E-state index contributed by atoms with van der Waals surface area (Å²) in [6.07, 6.45) is 1.79. The zero-order valence-electron chi connectivity index (χ0n) is 13.9. The van der Waals surface area contributed by atoms with E-state index < -0.39 is 0 Å². The number of benzene rings is 1. The fourth-order valence-corrected chi connectivity index (χ4v) is 2.90. The van der Waals surface area contributed by atoms with Crippen molar-refractivity contribution in [1.29, 1.82) is 0 Å². The number of anilines is 2. The number of hydrogen-bond donors (Lipinski definition) is 1. The van der Waals surface area contributed by atoms with Crippen LogP contribution in [0.5, 0.6) is 0 Å². The van der Waals surface area contributed by atoms with E-state index in [2.05, 4.69) is 20.2 Å². The van der Waals surface area contributed by atoms with Crippen molar-refractivity contribution < 1.29 is 9.18 Å². The molecular formula is C17H22FN5O. The lowest BCUT2D eigenvalue weighted by molar-refractivity contribution is -0.120. The summed E-state index contributed by atoms with van der Waals surface area (Å²) in [7, 11) is 1.81. The Kier molecular flexibility index (Phi) is 4.80. The van der Waals surface area contributed by atoms with Gasteiger partial charge in [-0.1, -0.05) is 0 Å². The van der Waals surface area contributed by atoms with Gasteiger partial charge in [0.05, 0.1) is 6.04 Å². The number of halogens is 1. The monoisotopic (exact) mass is 331 g/mol. The molecule has 1 aromatic heterocycles. The van der Waals surface area contributed by atoms with Crippen molar-refractivity contribution in [2.75, 3.05) is 36.4 Å². The average Bonchev–Trinajstić information content (AvgIpc) is 3.00. The summed E-state index contributed by atoms with van der Waals surface area (Å²) in [5, 5.41) is 7.01. The van der Waals surface area contributed by atoms with Crippen LogP contribution < -0.4 is 10.2 Å².